The van der Waals surface area contributed by atoms with Gasteiger partial charge < -0.3 is 9.73 Å². The predicted octanol–water partition coefficient (Wildman–Crippen LogP) is 3.36. The summed E-state index contributed by atoms with van der Waals surface area (Å²) < 4.78 is 4.95. The van der Waals surface area contributed by atoms with Gasteiger partial charge in [-0.15, -0.1) is 0 Å². The minimum atomic E-state index is -0.345. The molecule has 0 saturated carbocycles. The summed E-state index contributed by atoms with van der Waals surface area (Å²) in [6, 6.07) is 7.06. The Kier molecular flexibility index (Phi) is 3.62. The minimum Gasteiger partial charge on any atom is -0.472 e. The van der Waals surface area contributed by atoms with E-state index in [0.717, 1.165) is 16.8 Å². The molecule has 0 fully saturated rings. The molecule has 5 nitrogen and oxygen atoms in total. The minimum absolute atomic E-state index is 0.162. The molecular formula is C13H14N2O3. The number of nitro groups is 1. The number of nitrogens with one attached hydrogen (secondary N) is 1. The van der Waals surface area contributed by atoms with Crippen LogP contribution in [0.2, 0.25) is 0 Å². The molecule has 2 rings (SSSR count). The van der Waals surface area contributed by atoms with Gasteiger partial charge in [-0.2, -0.15) is 0 Å². The molecule has 18 heavy (non-hydrogen) atoms. The van der Waals surface area contributed by atoms with Crippen LogP contribution in [0.3, 0.4) is 0 Å². The highest BCUT2D eigenvalue weighted by Gasteiger charge is 2.12. The lowest BCUT2D eigenvalue weighted by Crippen LogP contribution is -2.00. The van der Waals surface area contributed by atoms with Gasteiger partial charge in [-0.25, -0.2) is 0 Å². The molecule has 0 saturated heterocycles. The second-order valence-electron chi connectivity index (χ2n) is 3.94. The zero-order valence-electron chi connectivity index (χ0n) is 10.1. The van der Waals surface area contributed by atoms with Crippen molar-refractivity contribution in [3.8, 4) is 0 Å². The smallest absolute Gasteiger partial charge is 0.274 e. The summed E-state index contributed by atoms with van der Waals surface area (Å²) in [5, 5.41) is 14.1. The average Bonchev–Trinajstić information content (AvgIpc) is 2.89. The van der Waals surface area contributed by atoms with E-state index in [1.165, 1.54) is 0 Å². The summed E-state index contributed by atoms with van der Waals surface area (Å²) >= 11 is 0. The highest BCUT2D eigenvalue weighted by molar-refractivity contribution is 5.55. The molecule has 0 amide bonds. The first-order valence-electron chi connectivity index (χ1n) is 5.73. The number of benzene rings is 1. The van der Waals surface area contributed by atoms with Gasteiger partial charge in [0.2, 0.25) is 0 Å². The van der Waals surface area contributed by atoms with Gasteiger partial charge in [0, 0.05) is 29.4 Å². The van der Waals surface area contributed by atoms with Crippen molar-refractivity contribution in [3.63, 3.8) is 0 Å². The highest BCUT2D eigenvalue weighted by atomic mass is 16.6. The summed E-state index contributed by atoms with van der Waals surface area (Å²) in [5.74, 6) is 0. The Morgan fingerprint density at radius 3 is 2.83 bits per heavy atom. The fourth-order valence-corrected chi connectivity index (χ4v) is 1.74. The van der Waals surface area contributed by atoms with E-state index in [2.05, 4.69) is 5.32 Å². The van der Waals surface area contributed by atoms with Gasteiger partial charge in [-0.1, -0.05) is 13.0 Å². The second-order valence-corrected chi connectivity index (χ2v) is 3.94. The normalized spacial score (nSPS) is 10.3. The number of rotatable bonds is 5. The predicted molar refractivity (Wildman–Crippen MR) is 68.5 cm³/mol. The van der Waals surface area contributed by atoms with Crippen molar-refractivity contribution < 1.29 is 9.34 Å². The third-order valence-electron chi connectivity index (χ3n) is 2.74. The quantitative estimate of drug-likeness (QED) is 0.648. The van der Waals surface area contributed by atoms with Crippen LogP contribution in [0.1, 0.15) is 18.1 Å². The van der Waals surface area contributed by atoms with Crippen LogP contribution >= 0.6 is 0 Å². The second kappa shape index (κ2) is 5.35. The third kappa shape index (κ3) is 2.68. The van der Waals surface area contributed by atoms with Crippen molar-refractivity contribution in [1.29, 1.82) is 0 Å². The first-order chi connectivity index (χ1) is 8.70. The van der Waals surface area contributed by atoms with Gasteiger partial charge in [-0.3, -0.25) is 10.1 Å². The molecule has 0 unspecified atom stereocenters. The number of aryl methyl sites for hydroxylation is 1. The molecule has 0 atom stereocenters. The molecule has 0 radical (unpaired) electrons. The monoisotopic (exact) mass is 246 g/mol. The van der Waals surface area contributed by atoms with Crippen LogP contribution in [0.25, 0.3) is 0 Å². The molecule has 1 aromatic heterocycles. The number of furan rings is 1. The fourth-order valence-electron chi connectivity index (χ4n) is 1.74. The SMILES string of the molecule is CCc1ccc(NCc2ccoc2)cc1[N+](=O)[O-]. The van der Waals surface area contributed by atoms with Crippen molar-refractivity contribution >= 4 is 11.4 Å². The zero-order chi connectivity index (χ0) is 13.0. The van der Waals surface area contributed by atoms with E-state index in [-0.39, 0.29) is 10.6 Å². The number of hydrogen-bond acceptors (Lipinski definition) is 4. The lowest BCUT2D eigenvalue weighted by Gasteiger charge is -2.06. The first-order valence-corrected chi connectivity index (χ1v) is 5.73. The first kappa shape index (κ1) is 12.2. The zero-order valence-corrected chi connectivity index (χ0v) is 10.1. The van der Waals surface area contributed by atoms with E-state index < -0.39 is 0 Å². The van der Waals surface area contributed by atoms with E-state index >= 15 is 0 Å². The van der Waals surface area contributed by atoms with Crippen molar-refractivity contribution in [2.24, 2.45) is 0 Å². The Bertz CT molecular complexity index is 535. The summed E-state index contributed by atoms with van der Waals surface area (Å²) in [6.07, 6.45) is 3.89. The van der Waals surface area contributed by atoms with E-state index in [1.54, 1.807) is 24.7 Å². The summed E-state index contributed by atoms with van der Waals surface area (Å²) in [5.41, 5.74) is 2.64. The molecule has 94 valence electrons. The third-order valence-corrected chi connectivity index (χ3v) is 2.74. The van der Waals surface area contributed by atoms with Crippen LogP contribution in [-0.4, -0.2) is 4.92 Å². The van der Waals surface area contributed by atoms with Gasteiger partial charge in [0.05, 0.1) is 17.4 Å². The molecule has 0 aliphatic heterocycles. The molecular weight excluding hydrogens is 232 g/mol. The lowest BCUT2D eigenvalue weighted by molar-refractivity contribution is -0.385. The molecule has 0 bridgehead atoms. The Morgan fingerprint density at radius 2 is 2.22 bits per heavy atom. The summed E-state index contributed by atoms with van der Waals surface area (Å²) in [7, 11) is 0. The van der Waals surface area contributed by atoms with Crippen LogP contribution in [-0.2, 0) is 13.0 Å². The number of nitro benzene ring substituents is 1. The number of nitrogens with zero attached hydrogens (tertiary/aromatic N) is 1. The van der Waals surface area contributed by atoms with Crippen LogP contribution in [0.5, 0.6) is 0 Å². The van der Waals surface area contributed by atoms with Crippen LogP contribution in [0.4, 0.5) is 11.4 Å². The van der Waals surface area contributed by atoms with Crippen molar-refractivity contribution in [2.75, 3.05) is 5.32 Å². The molecule has 2 aromatic rings. The highest BCUT2D eigenvalue weighted by Crippen LogP contribution is 2.24. The molecule has 1 heterocycles. The topological polar surface area (TPSA) is 68.3 Å². The molecule has 1 N–H and O–H groups in total. The van der Waals surface area contributed by atoms with Crippen molar-refractivity contribution in [2.45, 2.75) is 19.9 Å². The van der Waals surface area contributed by atoms with Crippen LogP contribution in [0.15, 0.2) is 41.2 Å². The lowest BCUT2D eigenvalue weighted by atomic mass is 10.1. The van der Waals surface area contributed by atoms with E-state index in [1.807, 2.05) is 19.1 Å². The van der Waals surface area contributed by atoms with Crippen LogP contribution in [0, 0.1) is 10.1 Å². The van der Waals surface area contributed by atoms with E-state index in [4.69, 9.17) is 4.42 Å². The number of anilines is 1. The maximum absolute atomic E-state index is 10.9. The average molecular weight is 246 g/mol. The maximum atomic E-state index is 10.9. The van der Waals surface area contributed by atoms with Gasteiger partial charge in [0.15, 0.2) is 0 Å². The molecule has 0 aliphatic rings. The molecule has 0 aliphatic carbocycles. The van der Waals surface area contributed by atoms with E-state index in [9.17, 15) is 10.1 Å². The molecule has 5 heteroatoms. The maximum Gasteiger partial charge on any atom is 0.274 e. The Morgan fingerprint density at radius 1 is 1.39 bits per heavy atom. The Hall–Kier alpha value is -2.30. The van der Waals surface area contributed by atoms with Crippen molar-refractivity contribution in [3.05, 3.63) is 58.0 Å². The van der Waals surface area contributed by atoms with Gasteiger partial charge in [-0.05, 0) is 18.6 Å². The summed E-state index contributed by atoms with van der Waals surface area (Å²) in [4.78, 5) is 10.6. The largest absolute Gasteiger partial charge is 0.472 e. The Balaban J connectivity index is 2.14. The number of hydrogen-bond donors (Lipinski definition) is 1. The Labute approximate surface area is 105 Å². The summed E-state index contributed by atoms with van der Waals surface area (Å²) in [6.45, 7) is 2.49. The molecule has 0 spiro atoms. The standard InChI is InChI=1S/C13H14N2O3/c1-2-11-3-4-12(7-13(11)15(16)17)14-8-10-5-6-18-9-10/h3-7,9,14H,2,8H2,1H3. The fraction of sp³-hybridized carbons (Fsp3) is 0.231. The van der Waals surface area contributed by atoms with Gasteiger partial charge >= 0.3 is 0 Å². The van der Waals surface area contributed by atoms with Crippen LogP contribution < -0.4 is 5.32 Å². The van der Waals surface area contributed by atoms with Crippen molar-refractivity contribution in [1.82, 2.24) is 0 Å². The van der Waals surface area contributed by atoms with Gasteiger partial charge in [0.1, 0.15) is 0 Å². The van der Waals surface area contributed by atoms with E-state index in [0.29, 0.717) is 13.0 Å². The molecule has 1 aromatic carbocycles. The van der Waals surface area contributed by atoms with Gasteiger partial charge in [0.25, 0.3) is 5.69 Å².